The van der Waals surface area contributed by atoms with Gasteiger partial charge in [-0.05, 0) is 37.0 Å². The molecule has 2 rings (SSSR count). The molecule has 2 saturated carbocycles. The second-order valence-corrected chi connectivity index (χ2v) is 3.63. The number of hydrogen-bond donors (Lipinski definition) is 0. The summed E-state index contributed by atoms with van der Waals surface area (Å²) in [4.78, 5) is 0. The molecule has 0 N–H and O–H groups in total. The molecule has 2 bridgehead atoms. The van der Waals surface area contributed by atoms with Gasteiger partial charge < -0.3 is 0 Å². The predicted molar refractivity (Wildman–Crippen MR) is 39.1 cm³/mol. The summed E-state index contributed by atoms with van der Waals surface area (Å²) in [6.07, 6.45) is 4.37. The summed E-state index contributed by atoms with van der Waals surface area (Å²) >= 11 is 0. The Morgan fingerprint density at radius 1 is 1.44 bits per heavy atom. The first-order valence-corrected chi connectivity index (χ1v) is 3.97. The molecule has 2 aliphatic rings. The van der Waals surface area contributed by atoms with Crippen LogP contribution in [0.5, 0.6) is 0 Å². The van der Waals surface area contributed by atoms with Crippen LogP contribution in [0.4, 0.5) is 0 Å². The van der Waals surface area contributed by atoms with Gasteiger partial charge in [0.1, 0.15) is 0 Å². The zero-order valence-electron chi connectivity index (χ0n) is 6.06. The van der Waals surface area contributed by atoms with Crippen LogP contribution in [0.3, 0.4) is 0 Å². The Labute approximate surface area is 57.0 Å². The van der Waals surface area contributed by atoms with Crippen LogP contribution in [0.2, 0.25) is 0 Å². The van der Waals surface area contributed by atoms with Crippen LogP contribution in [0.25, 0.3) is 0 Å². The number of rotatable bonds is 0. The molecule has 0 heteroatoms. The van der Waals surface area contributed by atoms with Crippen molar-refractivity contribution in [3.8, 4) is 0 Å². The largest absolute Gasteiger partial charge is 0.0993 e. The minimum absolute atomic E-state index is 0.851. The van der Waals surface area contributed by atoms with Gasteiger partial charge in [0.25, 0.3) is 0 Å². The minimum atomic E-state index is 0.851. The van der Waals surface area contributed by atoms with Crippen molar-refractivity contribution < 1.29 is 0 Å². The standard InChI is InChI=1S/C9H14/c1-6-7(2)9-4-3-8(6)5-9/h7-9H,1,3-5H2,2H3/t7-,8+,9-/m0/s1. The monoisotopic (exact) mass is 122 g/mol. The quantitative estimate of drug-likeness (QED) is 0.433. The third-order valence-corrected chi connectivity index (χ3v) is 3.29. The van der Waals surface area contributed by atoms with Crippen LogP contribution in [0, 0.1) is 17.8 Å². The van der Waals surface area contributed by atoms with Gasteiger partial charge in [-0.3, -0.25) is 0 Å². The SMILES string of the molecule is C=C1[C@@H]2CC[C@@H](C2)[C@H]1C. The summed E-state index contributed by atoms with van der Waals surface area (Å²) in [5.74, 6) is 2.79. The van der Waals surface area contributed by atoms with Gasteiger partial charge in [0.15, 0.2) is 0 Å². The highest BCUT2D eigenvalue weighted by Crippen LogP contribution is 2.50. The summed E-state index contributed by atoms with van der Waals surface area (Å²) in [5, 5.41) is 0. The highest BCUT2D eigenvalue weighted by atomic mass is 14.4. The molecule has 0 heterocycles. The van der Waals surface area contributed by atoms with E-state index in [1.54, 1.807) is 5.57 Å². The molecule has 0 aromatic rings. The number of allylic oxidation sites excluding steroid dienone is 1. The van der Waals surface area contributed by atoms with E-state index in [-0.39, 0.29) is 0 Å². The lowest BCUT2D eigenvalue weighted by atomic mass is 9.87. The van der Waals surface area contributed by atoms with E-state index < -0.39 is 0 Å². The molecule has 0 nitrogen and oxygen atoms in total. The summed E-state index contributed by atoms with van der Waals surface area (Å²) in [5.41, 5.74) is 1.55. The van der Waals surface area contributed by atoms with Gasteiger partial charge in [0, 0.05) is 0 Å². The van der Waals surface area contributed by atoms with E-state index in [0.717, 1.165) is 17.8 Å². The summed E-state index contributed by atoms with van der Waals surface area (Å²) in [7, 11) is 0. The van der Waals surface area contributed by atoms with E-state index in [4.69, 9.17) is 0 Å². The molecule has 0 amide bonds. The molecular weight excluding hydrogens is 108 g/mol. The fourth-order valence-electron chi connectivity index (χ4n) is 2.48. The Kier molecular flexibility index (Phi) is 0.992. The van der Waals surface area contributed by atoms with Crippen LogP contribution in [0.15, 0.2) is 12.2 Å². The Morgan fingerprint density at radius 2 is 2.22 bits per heavy atom. The molecular formula is C9H14. The maximum atomic E-state index is 4.12. The Balaban J connectivity index is 2.25. The van der Waals surface area contributed by atoms with Crippen molar-refractivity contribution in [1.82, 2.24) is 0 Å². The summed E-state index contributed by atoms with van der Waals surface area (Å²) in [6.45, 7) is 6.46. The molecule has 0 saturated heterocycles. The Morgan fingerprint density at radius 3 is 2.56 bits per heavy atom. The molecule has 0 aromatic carbocycles. The van der Waals surface area contributed by atoms with Crippen LogP contribution < -0.4 is 0 Å². The van der Waals surface area contributed by atoms with Crippen LogP contribution in [0.1, 0.15) is 26.2 Å². The van der Waals surface area contributed by atoms with Gasteiger partial charge in [-0.2, -0.15) is 0 Å². The first kappa shape index (κ1) is 5.52. The molecule has 0 radical (unpaired) electrons. The third kappa shape index (κ3) is 0.593. The summed E-state index contributed by atoms with van der Waals surface area (Å²) in [6, 6.07) is 0. The van der Waals surface area contributed by atoms with E-state index in [2.05, 4.69) is 13.5 Å². The fourth-order valence-corrected chi connectivity index (χ4v) is 2.48. The zero-order chi connectivity index (χ0) is 6.43. The highest BCUT2D eigenvalue weighted by molar-refractivity contribution is 5.16. The van der Waals surface area contributed by atoms with E-state index in [1.807, 2.05) is 0 Å². The van der Waals surface area contributed by atoms with Crippen molar-refractivity contribution in [2.75, 3.05) is 0 Å². The first-order chi connectivity index (χ1) is 4.29. The number of fused-ring (bicyclic) bond motifs is 2. The topological polar surface area (TPSA) is 0 Å². The van der Waals surface area contributed by atoms with Crippen LogP contribution >= 0.6 is 0 Å². The van der Waals surface area contributed by atoms with E-state index in [0.29, 0.717) is 0 Å². The molecule has 3 atom stereocenters. The van der Waals surface area contributed by atoms with Crippen LogP contribution in [-0.4, -0.2) is 0 Å². The summed E-state index contributed by atoms with van der Waals surface area (Å²) < 4.78 is 0. The smallest absolute Gasteiger partial charge is 0.0200 e. The minimum Gasteiger partial charge on any atom is -0.0993 e. The van der Waals surface area contributed by atoms with Crippen LogP contribution in [-0.2, 0) is 0 Å². The fraction of sp³-hybridized carbons (Fsp3) is 0.778. The molecule has 50 valence electrons. The van der Waals surface area contributed by atoms with E-state index in [1.165, 1.54) is 19.3 Å². The van der Waals surface area contributed by atoms with Crippen molar-refractivity contribution >= 4 is 0 Å². The second-order valence-electron chi connectivity index (χ2n) is 3.63. The van der Waals surface area contributed by atoms with Crippen molar-refractivity contribution in [2.24, 2.45) is 17.8 Å². The second kappa shape index (κ2) is 1.62. The lowest BCUT2D eigenvalue weighted by Crippen LogP contribution is -2.08. The molecule has 9 heavy (non-hydrogen) atoms. The van der Waals surface area contributed by atoms with Gasteiger partial charge in [-0.1, -0.05) is 19.1 Å². The Bertz CT molecular complexity index is 142. The molecule has 2 fully saturated rings. The van der Waals surface area contributed by atoms with Gasteiger partial charge >= 0.3 is 0 Å². The van der Waals surface area contributed by atoms with Gasteiger partial charge in [0.05, 0.1) is 0 Å². The zero-order valence-corrected chi connectivity index (χ0v) is 6.06. The molecule has 0 spiro atoms. The van der Waals surface area contributed by atoms with Crippen molar-refractivity contribution in [2.45, 2.75) is 26.2 Å². The lowest BCUT2D eigenvalue weighted by molar-refractivity contribution is 0.436. The maximum Gasteiger partial charge on any atom is -0.0200 e. The predicted octanol–water partition coefficient (Wildman–Crippen LogP) is 2.61. The van der Waals surface area contributed by atoms with Gasteiger partial charge in [0.2, 0.25) is 0 Å². The first-order valence-electron chi connectivity index (χ1n) is 3.97. The lowest BCUT2D eigenvalue weighted by Gasteiger charge is -2.19. The van der Waals surface area contributed by atoms with Gasteiger partial charge in [-0.15, -0.1) is 0 Å². The maximum absolute atomic E-state index is 4.12. The number of hydrogen-bond acceptors (Lipinski definition) is 0. The van der Waals surface area contributed by atoms with Crippen molar-refractivity contribution in [3.63, 3.8) is 0 Å². The van der Waals surface area contributed by atoms with Gasteiger partial charge in [-0.25, -0.2) is 0 Å². The average Bonchev–Trinajstić information content (AvgIpc) is 2.37. The third-order valence-electron chi connectivity index (χ3n) is 3.29. The Hall–Kier alpha value is -0.260. The molecule has 2 aliphatic carbocycles. The normalized spacial score (nSPS) is 48.6. The van der Waals surface area contributed by atoms with E-state index >= 15 is 0 Å². The van der Waals surface area contributed by atoms with E-state index in [9.17, 15) is 0 Å². The molecule has 0 aliphatic heterocycles. The highest BCUT2D eigenvalue weighted by Gasteiger charge is 2.39. The van der Waals surface area contributed by atoms with Crippen molar-refractivity contribution in [3.05, 3.63) is 12.2 Å². The average molecular weight is 122 g/mol. The van der Waals surface area contributed by atoms with Crippen molar-refractivity contribution in [1.29, 1.82) is 0 Å². The molecule has 0 aromatic heterocycles. The molecule has 0 unspecified atom stereocenters.